The summed E-state index contributed by atoms with van der Waals surface area (Å²) in [5.74, 6) is 2.64. The highest BCUT2D eigenvalue weighted by Crippen LogP contribution is 2.29. The van der Waals surface area contributed by atoms with Gasteiger partial charge in [-0.25, -0.2) is 0 Å². The van der Waals surface area contributed by atoms with Gasteiger partial charge in [0.2, 0.25) is 0 Å². The molecule has 4 rings (SSSR count). The fourth-order valence-corrected chi connectivity index (χ4v) is 5.46. The van der Waals surface area contributed by atoms with E-state index in [1.54, 1.807) is 0 Å². The molecule has 1 aromatic rings. The molecule has 1 aromatic carbocycles. The quantitative estimate of drug-likeness (QED) is 0.791. The lowest BCUT2D eigenvalue weighted by molar-refractivity contribution is 0.0681. The minimum atomic E-state index is 0. The number of rotatable bonds is 4. The van der Waals surface area contributed by atoms with Crippen molar-refractivity contribution in [2.45, 2.75) is 50.4 Å². The summed E-state index contributed by atoms with van der Waals surface area (Å²) in [7, 11) is 1.98. The second kappa shape index (κ2) is 10.4. The molecule has 0 aromatic heterocycles. The number of amides is 1. The largest absolute Gasteiger partial charge is 0.339 e. The van der Waals surface area contributed by atoms with Gasteiger partial charge in [0.25, 0.3) is 5.91 Å². The number of halogens is 2. The molecule has 4 nitrogen and oxygen atoms in total. The maximum Gasteiger partial charge on any atom is 0.253 e. The first-order valence-electron chi connectivity index (χ1n) is 9.61. The topological polar surface area (TPSA) is 35.6 Å². The summed E-state index contributed by atoms with van der Waals surface area (Å²) in [6.07, 6.45) is 4.74. The monoisotopic (exact) mass is 431 g/mol. The average Bonchev–Trinajstić information content (AvgIpc) is 3.00. The van der Waals surface area contributed by atoms with Gasteiger partial charge in [-0.05, 0) is 43.4 Å². The van der Waals surface area contributed by atoms with E-state index in [1.165, 1.54) is 43.0 Å². The van der Waals surface area contributed by atoms with Crippen molar-refractivity contribution >= 4 is 42.5 Å². The zero-order valence-electron chi connectivity index (χ0n) is 15.9. The number of hydrogen-bond acceptors (Lipinski definition) is 4. The lowest BCUT2D eigenvalue weighted by Gasteiger charge is -2.35. The summed E-state index contributed by atoms with van der Waals surface area (Å²) >= 11 is 2.04. The number of benzene rings is 1. The Labute approximate surface area is 179 Å². The molecule has 0 radical (unpaired) electrons. The van der Waals surface area contributed by atoms with Gasteiger partial charge in [0.1, 0.15) is 0 Å². The van der Waals surface area contributed by atoms with E-state index in [4.69, 9.17) is 0 Å². The van der Waals surface area contributed by atoms with Gasteiger partial charge in [-0.15, -0.1) is 24.8 Å². The van der Waals surface area contributed by atoms with Crippen LogP contribution in [0.5, 0.6) is 0 Å². The van der Waals surface area contributed by atoms with E-state index in [1.807, 2.05) is 35.8 Å². The van der Waals surface area contributed by atoms with Crippen molar-refractivity contribution in [3.8, 4) is 0 Å². The minimum Gasteiger partial charge on any atom is -0.339 e. The molecule has 3 fully saturated rings. The number of fused-ring (bicyclic) bond motifs is 2. The first-order chi connectivity index (χ1) is 12.2. The first-order valence-corrected chi connectivity index (χ1v) is 10.8. The van der Waals surface area contributed by atoms with Gasteiger partial charge in [-0.2, -0.15) is 11.8 Å². The molecule has 3 heterocycles. The average molecular weight is 432 g/mol. The highest BCUT2D eigenvalue weighted by Gasteiger charge is 2.36. The molecular weight excluding hydrogens is 401 g/mol. The molecule has 2 bridgehead atoms. The molecule has 0 saturated carbocycles. The number of carbonyl (C=O) groups excluding carboxylic acids is 1. The Morgan fingerprint density at radius 1 is 1.11 bits per heavy atom. The fourth-order valence-electron chi connectivity index (χ4n) is 4.48. The Balaban J connectivity index is 0.00000131. The molecule has 2 atom stereocenters. The normalized spacial score (nSPS) is 27.4. The molecule has 1 amide bonds. The highest BCUT2D eigenvalue weighted by atomic mass is 35.5. The van der Waals surface area contributed by atoms with Crippen molar-refractivity contribution in [1.29, 1.82) is 0 Å². The number of thioether (sulfide) groups is 1. The Kier molecular flexibility index (Phi) is 8.75. The van der Waals surface area contributed by atoms with Gasteiger partial charge in [-0.3, -0.25) is 9.69 Å². The van der Waals surface area contributed by atoms with Crippen molar-refractivity contribution < 1.29 is 4.79 Å². The number of carbonyl (C=O) groups is 1. The van der Waals surface area contributed by atoms with Crippen LogP contribution in [0.1, 0.15) is 41.6 Å². The van der Waals surface area contributed by atoms with Crippen molar-refractivity contribution in [2.24, 2.45) is 0 Å². The van der Waals surface area contributed by atoms with Crippen LogP contribution in [-0.4, -0.2) is 65.5 Å². The van der Waals surface area contributed by atoms with E-state index in [-0.39, 0.29) is 30.7 Å². The predicted octanol–water partition coefficient (Wildman–Crippen LogP) is 3.43. The molecule has 3 saturated heterocycles. The van der Waals surface area contributed by atoms with Gasteiger partial charge < -0.3 is 10.2 Å². The third kappa shape index (κ3) is 5.54. The molecular formula is C20H31Cl2N3OS. The molecule has 0 spiro atoms. The minimum absolute atomic E-state index is 0. The smallest absolute Gasteiger partial charge is 0.253 e. The predicted molar refractivity (Wildman–Crippen MR) is 119 cm³/mol. The molecule has 0 aliphatic carbocycles. The van der Waals surface area contributed by atoms with Crippen LogP contribution in [0.3, 0.4) is 0 Å². The van der Waals surface area contributed by atoms with Crippen LogP contribution in [0.25, 0.3) is 0 Å². The van der Waals surface area contributed by atoms with E-state index in [2.05, 4.69) is 22.3 Å². The van der Waals surface area contributed by atoms with Gasteiger partial charge in [0, 0.05) is 61.9 Å². The van der Waals surface area contributed by atoms with E-state index >= 15 is 0 Å². The van der Waals surface area contributed by atoms with Gasteiger partial charge in [0.15, 0.2) is 0 Å². The summed E-state index contributed by atoms with van der Waals surface area (Å²) in [5.41, 5.74) is 2.14. The third-order valence-corrected chi connectivity index (χ3v) is 6.97. The van der Waals surface area contributed by atoms with Crippen LogP contribution >= 0.6 is 36.6 Å². The summed E-state index contributed by atoms with van der Waals surface area (Å²) in [6.45, 7) is 3.35. The second-order valence-electron chi connectivity index (χ2n) is 7.76. The van der Waals surface area contributed by atoms with Gasteiger partial charge in [-0.1, -0.05) is 12.1 Å². The molecule has 7 heteroatoms. The van der Waals surface area contributed by atoms with Crippen LogP contribution in [0.15, 0.2) is 24.3 Å². The first kappa shape index (κ1) is 22.8. The number of piperidine rings is 1. The molecule has 27 heavy (non-hydrogen) atoms. The van der Waals surface area contributed by atoms with Crippen LogP contribution in [-0.2, 0) is 6.54 Å². The zero-order valence-corrected chi connectivity index (χ0v) is 18.4. The number of nitrogens with zero attached hydrogens (tertiary/aromatic N) is 2. The summed E-state index contributed by atoms with van der Waals surface area (Å²) in [6, 6.07) is 9.92. The van der Waals surface area contributed by atoms with Crippen molar-refractivity contribution in [1.82, 2.24) is 15.1 Å². The summed E-state index contributed by atoms with van der Waals surface area (Å²) in [4.78, 5) is 17.4. The van der Waals surface area contributed by atoms with Gasteiger partial charge in [0.05, 0.1) is 0 Å². The zero-order chi connectivity index (χ0) is 17.2. The number of nitrogens with one attached hydrogen (secondary N) is 1. The van der Waals surface area contributed by atoms with E-state index < -0.39 is 0 Å². The number of hydrogen-bond donors (Lipinski definition) is 1. The fraction of sp³-hybridized carbons (Fsp3) is 0.650. The Hall–Kier alpha value is -0.460. The van der Waals surface area contributed by atoms with Crippen LogP contribution in [0.4, 0.5) is 0 Å². The molecule has 3 aliphatic rings. The lowest BCUT2D eigenvalue weighted by Crippen LogP contribution is -2.48. The summed E-state index contributed by atoms with van der Waals surface area (Å²) < 4.78 is 0. The third-order valence-electron chi connectivity index (χ3n) is 6.03. The Morgan fingerprint density at radius 2 is 1.70 bits per heavy atom. The maximum absolute atomic E-state index is 12.9. The lowest BCUT2D eigenvalue weighted by atomic mass is 9.98. The Bertz CT molecular complexity index is 598. The highest BCUT2D eigenvalue weighted by molar-refractivity contribution is 7.99. The Morgan fingerprint density at radius 3 is 2.30 bits per heavy atom. The standard InChI is InChI=1S/C20H29N3OS.2ClH/c1-22(19-12-17-6-7-18(13-19)21-17)20(24)16-4-2-15(3-5-16)14-23-8-10-25-11-9-23;;/h2-5,17-19,21H,6-14H2,1H3;2*1H. The van der Waals surface area contributed by atoms with Crippen LogP contribution in [0.2, 0.25) is 0 Å². The van der Waals surface area contributed by atoms with Gasteiger partial charge >= 0.3 is 0 Å². The van der Waals surface area contributed by atoms with E-state index in [9.17, 15) is 4.79 Å². The van der Waals surface area contributed by atoms with E-state index in [0.29, 0.717) is 18.1 Å². The second-order valence-corrected chi connectivity index (χ2v) is 8.99. The van der Waals surface area contributed by atoms with Crippen molar-refractivity contribution in [3.05, 3.63) is 35.4 Å². The molecule has 3 aliphatic heterocycles. The van der Waals surface area contributed by atoms with E-state index in [0.717, 1.165) is 24.9 Å². The van der Waals surface area contributed by atoms with Crippen LogP contribution in [0, 0.1) is 0 Å². The molecule has 152 valence electrons. The SMILES string of the molecule is CN(C(=O)c1ccc(CN2CCSCC2)cc1)C1CC2CCC(C1)N2.Cl.Cl. The summed E-state index contributed by atoms with van der Waals surface area (Å²) in [5, 5.41) is 3.66. The molecule has 1 N–H and O–H groups in total. The van der Waals surface area contributed by atoms with Crippen LogP contribution < -0.4 is 5.32 Å². The van der Waals surface area contributed by atoms with Crippen molar-refractivity contribution in [2.75, 3.05) is 31.6 Å². The molecule has 2 unspecified atom stereocenters. The van der Waals surface area contributed by atoms with Crippen molar-refractivity contribution in [3.63, 3.8) is 0 Å². The maximum atomic E-state index is 12.9.